The van der Waals surface area contributed by atoms with Gasteiger partial charge in [0.1, 0.15) is 5.60 Å². The van der Waals surface area contributed by atoms with Crippen molar-refractivity contribution in [1.29, 1.82) is 0 Å². The summed E-state index contributed by atoms with van der Waals surface area (Å²) >= 11 is 0. The number of amides is 2. The minimum absolute atomic E-state index is 0.334. The summed E-state index contributed by atoms with van der Waals surface area (Å²) in [5.74, 6) is 0. The second-order valence-electron chi connectivity index (χ2n) is 5.41. The highest BCUT2D eigenvalue weighted by Gasteiger charge is 2.21. The Bertz CT molecular complexity index is 287. The number of hydrogen-bond acceptors (Lipinski definition) is 3. The van der Waals surface area contributed by atoms with Crippen molar-refractivity contribution in [1.82, 2.24) is 10.2 Å². The van der Waals surface area contributed by atoms with E-state index in [1.54, 1.807) is 4.90 Å². The van der Waals surface area contributed by atoms with Crippen LogP contribution >= 0.6 is 0 Å². The molecule has 0 radical (unpaired) electrons. The average molecular weight is 274 g/mol. The Kier molecular flexibility index (Phi) is 7.95. The second kappa shape index (κ2) is 8.61. The molecule has 112 valence electrons. The molecule has 6 heteroatoms. The summed E-state index contributed by atoms with van der Waals surface area (Å²) in [6.45, 7) is 9.01. The third-order valence-corrected chi connectivity index (χ3v) is 2.31. The van der Waals surface area contributed by atoms with Crippen LogP contribution in [0.15, 0.2) is 0 Å². The van der Waals surface area contributed by atoms with Gasteiger partial charge in [-0.05, 0) is 33.6 Å². The summed E-state index contributed by atoms with van der Waals surface area (Å²) in [6, 6.07) is 0. The van der Waals surface area contributed by atoms with E-state index in [9.17, 15) is 9.59 Å². The molecule has 2 N–H and O–H groups in total. The summed E-state index contributed by atoms with van der Waals surface area (Å²) in [4.78, 5) is 23.9. The Labute approximate surface area is 115 Å². The van der Waals surface area contributed by atoms with Gasteiger partial charge in [0, 0.05) is 19.6 Å². The molecule has 0 atom stereocenters. The highest BCUT2D eigenvalue weighted by Crippen LogP contribution is 2.10. The highest BCUT2D eigenvalue weighted by molar-refractivity contribution is 5.68. The number of carbonyl (C=O) groups excluding carboxylic acids is 1. The molecule has 0 aliphatic heterocycles. The molecule has 0 aromatic carbocycles. The smallest absolute Gasteiger partial charge is 0.410 e. The predicted octanol–water partition coefficient (Wildman–Crippen LogP) is 2.68. The second-order valence-corrected chi connectivity index (χ2v) is 5.41. The number of ether oxygens (including phenoxy) is 1. The highest BCUT2D eigenvalue weighted by atomic mass is 16.6. The van der Waals surface area contributed by atoms with E-state index < -0.39 is 11.7 Å². The number of rotatable bonds is 7. The summed E-state index contributed by atoms with van der Waals surface area (Å²) in [5, 5.41) is 10.7. The van der Waals surface area contributed by atoms with Crippen molar-refractivity contribution in [3.63, 3.8) is 0 Å². The van der Waals surface area contributed by atoms with Gasteiger partial charge in [-0.1, -0.05) is 13.3 Å². The number of carbonyl (C=O) groups is 2. The first kappa shape index (κ1) is 17.5. The maximum atomic E-state index is 12.0. The lowest BCUT2D eigenvalue weighted by atomic mass is 10.2. The van der Waals surface area contributed by atoms with Gasteiger partial charge in [-0.2, -0.15) is 0 Å². The zero-order chi connectivity index (χ0) is 14.9. The van der Waals surface area contributed by atoms with E-state index >= 15 is 0 Å². The Hall–Kier alpha value is -1.46. The fourth-order valence-electron chi connectivity index (χ4n) is 1.44. The summed E-state index contributed by atoms with van der Waals surface area (Å²) in [6.07, 6.45) is 1.10. The van der Waals surface area contributed by atoms with Crippen molar-refractivity contribution in [2.24, 2.45) is 0 Å². The van der Waals surface area contributed by atoms with E-state index in [1.807, 2.05) is 20.8 Å². The quantitative estimate of drug-likeness (QED) is 0.700. The molecule has 0 rings (SSSR count). The Morgan fingerprint density at radius 1 is 1.21 bits per heavy atom. The van der Waals surface area contributed by atoms with Crippen LogP contribution in [-0.4, -0.2) is 47.4 Å². The van der Waals surface area contributed by atoms with Gasteiger partial charge in [0.15, 0.2) is 0 Å². The number of carboxylic acid groups (broad SMARTS) is 1. The molecule has 0 saturated heterocycles. The third kappa shape index (κ3) is 10.2. The van der Waals surface area contributed by atoms with E-state index in [-0.39, 0.29) is 6.09 Å². The molecule has 0 heterocycles. The van der Waals surface area contributed by atoms with E-state index in [4.69, 9.17) is 9.84 Å². The molecule has 0 spiro atoms. The normalized spacial score (nSPS) is 10.9. The predicted molar refractivity (Wildman–Crippen MR) is 73.4 cm³/mol. The van der Waals surface area contributed by atoms with E-state index in [1.165, 1.54) is 0 Å². The number of unbranched alkanes of at least 4 members (excludes halogenated alkanes) is 1. The van der Waals surface area contributed by atoms with Crippen molar-refractivity contribution in [2.45, 2.75) is 52.6 Å². The minimum atomic E-state index is -1.04. The van der Waals surface area contributed by atoms with Crippen molar-refractivity contribution < 1.29 is 19.4 Å². The van der Waals surface area contributed by atoms with Crippen LogP contribution in [0.1, 0.15) is 47.0 Å². The first-order chi connectivity index (χ1) is 8.76. The first-order valence-electron chi connectivity index (χ1n) is 6.71. The van der Waals surface area contributed by atoms with Crippen molar-refractivity contribution in [3.8, 4) is 0 Å². The van der Waals surface area contributed by atoms with Crippen LogP contribution in [0.5, 0.6) is 0 Å². The zero-order valence-electron chi connectivity index (χ0n) is 12.4. The molecule has 19 heavy (non-hydrogen) atoms. The molecular formula is C13H26N2O4. The van der Waals surface area contributed by atoms with Crippen LogP contribution in [0.2, 0.25) is 0 Å². The molecule has 0 unspecified atom stereocenters. The van der Waals surface area contributed by atoms with E-state index in [0.717, 1.165) is 12.8 Å². The molecule has 0 fully saturated rings. The molecule has 0 aromatic heterocycles. The van der Waals surface area contributed by atoms with Gasteiger partial charge >= 0.3 is 12.2 Å². The Morgan fingerprint density at radius 2 is 1.79 bits per heavy atom. The van der Waals surface area contributed by atoms with Crippen LogP contribution in [-0.2, 0) is 4.74 Å². The van der Waals surface area contributed by atoms with Crippen LogP contribution < -0.4 is 5.32 Å². The molecule has 2 amide bonds. The zero-order valence-corrected chi connectivity index (χ0v) is 12.4. The first-order valence-corrected chi connectivity index (χ1v) is 6.71. The standard InChI is InChI=1S/C13H26N2O4/c1-5-6-9-15(10-7-8-14-11(16)17)12(18)19-13(2,3)4/h14H,5-10H2,1-4H3,(H,16,17). The largest absolute Gasteiger partial charge is 0.465 e. The lowest BCUT2D eigenvalue weighted by Gasteiger charge is -2.27. The van der Waals surface area contributed by atoms with Gasteiger partial charge in [0.05, 0.1) is 0 Å². The number of nitrogens with zero attached hydrogens (tertiary/aromatic N) is 1. The lowest BCUT2D eigenvalue weighted by Crippen LogP contribution is -2.39. The van der Waals surface area contributed by atoms with Gasteiger partial charge < -0.3 is 20.1 Å². The van der Waals surface area contributed by atoms with Gasteiger partial charge in [-0.15, -0.1) is 0 Å². The van der Waals surface area contributed by atoms with Crippen LogP contribution in [0, 0.1) is 0 Å². The van der Waals surface area contributed by atoms with Crippen LogP contribution in [0.4, 0.5) is 9.59 Å². The van der Waals surface area contributed by atoms with Gasteiger partial charge in [-0.25, -0.2) is 9.59 Å². The maximum absolute atomic E-state index is 12.0. The molecule has 0 saturated carbocycles. The third-order valence-electron chi connectivity index (χ3n) is 2.31. The molecule has 0 aliphatic rings. The Balaban J connectivity index is 4.21. The topological polar surface area (TPSA) is 78.9 Å². The minimum Gasteiger partial charge on any atom is -0.465 e. The summed E-state index contributed by atoms with van der Waals surface area (Å²) in [5.41, 5.74) is -0.513. The number of hydrogen-bond donors (Lipinski definition) is 2. The summed E-state index contributed by atoms with van der Waals surface area (Å²) < 4.78 is 5.33. The average Bonchev–Trinajstić information content (AvgIpc) is 2.25. The van der Waals surface area contributed by atoms with Gasteiger partial charge in [0.25, 0.3) is 0 Å². The van der Waals surface area contributed by atoms with Crippen molar-refractivity contribution in [3.05, 3.63) is 0 Å². The molecule has 0 aliphatic carbocycles. The molecule has 0 aromatic rings. The molecular weight excluding hydrogens is 248 g/mol. The summed E-state index contributed by atoms with van der Waals surface area (Å²) in [7, 11) is 0. The fourth-order valence-corrected chi connectivity index (χ4v) is 1.44. The van der Waals surface area contributed by atoms with Crippen LogP contribution in [0.25, 0.3) is 0 Å². The Morgan fingerprint density at radius 3 is 2.26 bits per heavy atom. The maximum Gasteiger partial charge on any atom is 0.410 e. The van der Waals surface area contributed by atoms with Gasteiger partial charge in [-0.3, -0.25) is 0 Å². The SMILES string of the molecule is CCCCN(CCCNC(=O)O)C(=O)OC(C)(C)C. The number of nitrogens with one attached hydrogen (secondary N) is 1. The molecule has 6 nitrogen and oxygen atoms in total. The van der Waals surface area contributed by atoms with Crippen molar-refractivity contribution in [2.75, 3.05) is 19.6 Å². The van der Waals surface area contributed by atoms with Crippen molar-refractivity contribution >= 4 is 12.2 Å². The molecule has 0 bridgehead atoms. The van der Waals surface area contributed by atoms with Crippen LogP contribution in [0.3, 0.4) is 0 Å². The fraction of sp³-hybridized carbons (Fsp3) is 0.846. The lowest BCUT2D eigenvalue weighted by molar-refractivity contribution is 0.0246. The van der Waals surface area contributed by atoms with E-state index in [0.29, 0.717) is 26.1 Å². The monoisotopic (exact) mass is 274 g/mol. The van der Waals surface area contributed by atoms with Gasteiger partial charge in [0.2, 0.25) is 0 Å². The van der Waals surface area contributed by atoms with E-state index in [2.05, 4.69) is 12.2 Å².